The first-order valence-corrected chi connectivity index (χ1v) is 4.06. The summed E-state index contributed by atoms with van der Waals surface area (Å²) in [7, 11) is 0. The van der Waals surface area contributed by atoms with Gasteiger partial charge in [0.15, 0.2) is 0 Å². The van der Waals surface area contributed by atoms with E-state index in [1.54, 1.807) is 0 Å². The number of carboxylic acids is 1. The van der Waals surface area contributed by atoms with E-state index < -0.39 is 5.97 Å². The van der Waals surface area contributed by atoms with E-state index in [0.717, 1.165) is 16.5 Å². The van der Waals surface area contributed by atoms with Gasteiger partial charge in [0, 0.05) is 29.5 Å². The summed E-state index contributed by atoms with van der Waals surface area (Å²) in [6, 6.07) is 9.28. The second-order valence-electron chi connectivity index (χ2n) is 2.06. The van der Waals surface area contributed by atoms with Gasteiger partial charge in [-0.05, 0) is 19.1 Å². The van der Waals surface area contributed by atoms with Crippen LogP contribution in [0.4, 0.5) is 5.69 Å². The second kappa shape index (κ2) is 9.62. The molecule has 0 saturated carbocycles. The third-order valence-corrected chi connectivity index (χ3v) is 1.34. The van der Waals surface area contributed by atoms with E-state index in [2.05, 4.69) is 0 Å². The summed E-state index contributed by atoms with van der Waals surface area (Å²) in [4.78, 5) is 8.89. The van der Waals surface area contributed by atoms with Crippen LogP contribution in [0.1, 0.15) is 6.92 Å². The number of aliphatic carboxylic acids is 1. The molecule has 0 radical (unpaired) electrons. The molecule has 0 atom stereocenters. The van der Waals surface area contributed by atoms with Gasteiger partial charge in [-0.1, -0.05) is 18.2 Å². The van der Waals surface area contributed by atoms with Crippen molar-refractivity contribution in [2.24, 2.45) is 0 Å². The summed E-state index contributed by atoms with van der Waals surface area (Å²) in [6.07, 6.45) is 0. The molecule has 0 aliphatic carbocycles. The van der Waals surface area contributed by atoms with E-state index in [0.29, 0.717) is 0 Å². The fourth-order valence-corrected chi connectivity index (χ4v) is 0.766. The first-order chi connectivity index (χ1) is 6.04. The number of carboxylic acid groups (broad SMARTS) is 1. The van der Waals surface area contributed by atoms with Crippen LogP contribution in [0.15, 0.2) is 30.3 Å². The molecular weight excluding hydrogens is 236 g/mol. The molecule has 0 N–H and O–H groups in total. The molecule has 0 saturated heterocycles. The number of rotatable bonds is 1. The first kappa shape index (κ1) is 16.5. The maximum Gasteiger partial charge on any atom is 1.00 e. The molecule has 0 bridgehead atoms. The summed E-state index contributed by atoms with van der Waals surface area (Å²) in [5.74, 6) is -1.08. The Morgan fingerprint density at radius 1 is 1.29 bits per heavy atom. The van der Waals surface area contributed by atoms with Gasteiger partial charge in [-0.15, -0.1) is 0 Å². The van der Waals surface area contributed by atoms with Crippen LogP contribution in [0.2, 0.25) is 0 Å². The minimum Gasteiger partial charge on any atom is -0.550 e. The Balaban J connectivity index is 0. The molecule has 0 spiro atoms. The maximum atomic E-state index is 8.89. The molecular formula is C8H8Cl2NNaO2. The number of hydrogen-bond acceptors (Lipinski definition) is 3. The Morgan fingerprint density at radius 3 is 1.86 bits per heavy atom. The van der Waals surface area contributed by atoms with Crippen molar-refractivity contribution in [3.05, 3.63) is 30.3 Å². The molecule has 0 unspecified atom stereocenters. The summed E-state index contributed by atoms with van der Waals surface area (Å²) in [6.45, 7) is 0.972. The quantitative estimate of drug-likeness (QED) is 0.449. The molecule has 3 nitrogen and oxygen atoms in total. The van der Waals surface area contributed by atoms with Crippen molar-refractivity contribution in [3.8, 4) is 0 Å². The van der Waals surface area contributed by atoms with Crippen molar-refractivity contribution in [1.29, 1.82) is 0 Å². The van der Waals surface area contributed by atoms with Gasteiger partial charge < -0.3 is 9.90 Å². The summed E-state index contributed by atoms with van der Waals surface area (Å²) >= 11 is 10.8. The van der Waals surface area contributed by atoms with E-state index >= 15 is 0 Å². The van der Waals surface area contributed by atoms with Crippen molar-refractivity contribution < 1.29 is 39.5 Å². The number of para-hydroxylation sites is 1. The summed E-state index contributed by atoms with van der Waals surface area (Å²) < 4.78 is 1.03. The summed E-state index contributed by atoms with van der Waals surface area (Å²) in [5.41, 5.74) is 0.779. The topological polar surface area (TPSA) is 43.4 Å². The second-order valence-corrected chi connectivity index (χ2v) is 2.91. The van der Waals surface area contributed by atoms with Crippen molar-refractivity contribution in [2.75, 3.05) is 3.94 Å². The van der Waals surface area contributed by atoms with E-state index in [4.69, 9.17) is 33.5 Å². The molecule has 6 heteroatoms. The van der Waals surface area contributed by atoms with Crippen molar-refractivity contribution >= 4 is 35.2 Å². The molecule has 14 heavy (non-hydrogen) atoms. The van der Waals surface area contributed by atoms with Crippen molar-refractivity contribution in [2.45, 2.75) is 6.92 Å². The zero-order valence-electron chi connectivity index (χ0n) is 7.91. The SMILES string of the molecule is CC(=O)[O-].ClN(Cl)c1ccccc1.[Na+]. The molecule has 0 amide bonds. The predicted molar refractivity (Wildman–Crippen MR) is 51.3 cm³/mol. The third-order valence-electron chi connectivity index (χ3n) is 0.951. The molecule has 0 aliphatic rings. The van der Waals surface area contributed by atoms with Gasteiger partial charge in [0.2, 0.25) is 0 Å². The molecule has 0 aliphatic heterocycles. The molecule has 0 heterocycles. The molecule has 0 aromatic heterocycles. The van der Waals surface area contributed by atoms with E-state index in [9.17, 15) is 0 Å². The largest absolute Gasteiger partial charge is 1.00 e. The van der Waals surface area contributed by atoms with Crippen LogP contribution in [-0.2, 0) is 4.79 Å². The summed E-state index contributed by atoms with van der Waals surface area (Å²) in [5, 5.41) is 8.89. The zero-order chi connectivity index (χ0) is 10.3. The van der Waals surface area contributed by atoms with Crippen LogP contribution in [0, 0.1) is 0 Å². The zero-order valence-corrected chi connectivity index (χ0v) is 11.4. The van der Waals surface area contributed by atoms with E-state index in [-0.39, 0.29) is 29.6 Å². The van der Waals surface area contributed by atoms with Crippen molar-refractivity contribution in [1.82, 2.24) is 0 Å². The molecule has 1 rings (SSSR count). The fraction of sp³-hybridized carbons (Fsp3) is 0.125. The Hall–Kier alpha value is 0.0700. The number of anilines is 1. The van der Waals surface area contributed by atoms with E-state index in [1.165, 1.54) is 0 Å². The van der Waals surface area contributed by atoms with Gasteiger partial charge in [-0.3, -0.25) is 0 Å². The first-order valence-electron chi connectivity index (χ1n) is 3.38. The van der Waals surface area contributed by atoms with Crippen LogP contribution < -0.4 is 38.6 Å². The van der Waals surface area contributed by atoms with Gasteiger partial charge in [0.1, 0.15) is 0 Å². The van der Waals surface area contributed by atoms with Crippen LogP contribution in [0.5, 0.6) is 0 Å². The van der Waals surface area contributed by atoms with Gasteiger partial charge >= 0.3 is 29.6 Å². The van der Waals surface area contributed by atoms with Gasteiger partial charge in [-0.2, -0.15) is 3.94 Å². The predicted octanol–water partition coefficient (Wildman–Crippen LogP) is -1.44. The Kier molecular flexibility index (Phi) is 11.3. The number of carbonyl (C=O) groups excluding carboxylic acids is 1. The smallest absolute Gasteiger partial charge is 0.550 e. The standard InChI is InChI=1S/C6H5Cl2N.C2H4O2.Na/c7-9(8)6-4-2-1-3-5-6;1-2(3)4;/h1-5H;1H3,(H,3,4);/q;;+1/p-1. The van der Waals surface area contributed by atoms with E-state index in [1.807, 2.05) is 30.3 Å². The normalized spacial score (nSPS) is 7.64. The third kappa shape index (κ3) is 10.2. The number of carbonyl (C=O) groups is 1. The fourth-order valence-electron chi connectivity index (χ4n) is 0.541. The number of halogens is 2. The average molecular weight is 244 g/mol. The molecule has 0 fully saturated rings. The van der Waals surface area contributed by atoms with Crippen LogP contribution >= 0.6 is 23.6 Å². The number of hydrogen-bond donors (Lipinski definition) is 0. The van der Waals surface area contributed by atoms with Crippen LogP contribution in [0.25, 0.3) is 0 Å². The monoisotopic (exact) mass is 243 g/mol. The van der Waals surface area contributed by atoms with Gasteiger partial charge in [-0.25, -0.2) is 0 Å². The number of nitrogens with zero attached hydrogens (tertiary/aromatic N) is 1. The minimum atomic E-state index is -1.08. The molecule has 1 aromatic carbocycles. The van der Waals surface area contributed by atoms with Crippen LogP contribution in [-0.4, -0.2) is 5.97 Å². The Morgan fingerprint density at radius 2 is 1.64 bits per heavy atom. The van der Waals surface area contributed by atoms with Crippen molar-refractivity contribution in [3.63, 3.8) is 0 Å². The Labute approximate surface area is 115 Å². The Bertz CT molecular complexity index is 253. The minimum absolute atomic E-state index is 0. The van der Waals surface area contributed by atoms with Gasteiger partial charge in [0.05, 0.1) is 5.69 Å². The molecule has 1 aromatic rings. The molecule has 72 valence electrons. The average Bonchev–Trinajstić information content (AvgIpc) is 2.05. The number of benzene rings is 1. The van der Waals surface area contributed by atoms with Gasteiger partial charge in [0.25, 0.3) is 0 Å². The maximum absolute atomic E-state index is 8.89. The van der Waals surface area contributed by atoms with Crippen LogP contribution in [0.3, 0.4) is 0 Å².